The molecule has 0 aliphatic heterocycles. The fourth-order valence-electron chi connectivity index (χ4n) is 22.0. The lowest BCUT2D eigenvalue weighted by Crippen LogP contribution is -2.42. The van der Waals surface area contributed by atoms with Crippen molar-refractivity contribution < 1.29 is 9.53 Å². The summed E-state index contributed by atoms with van der Waals surface area (Å²) in [6.07, 6.45) is 21.9. The van der Waals surface area contributed by atoms with Crippen LogP contribution >= 0.6 is 0 Å². The predicted molar refractivity (Wildman–Crippen MR) is 243 cm³/mol. The fourth-order valence-corrected chi connectivity index (χ4v) is 22.0. The van der Waals surface area contributed by atoms with E-state index in [0.29, 0.717) is 53.8 Å². The Bertz CT molecular complexity index is 3960. The van der Waals surface area contributed by atoms with E-state index in [1.54, 1.807) is 146 Å². The lowest BCUT2D eigenvalue weighted by Gasteiger charge is -2.48. The summed E-state index contributed by atoms with van der Waals surface area (Å²) >= 11 is 0. The third-order valence-corrected chi connectivity index (χ3v) is 22.4. The minimum Gasteiger partial charge on any atom is -0.469 e. The summed E-state index contributed by atoms with van der Waals surface area (Å²) in [6.45, 7) is 0. The number of carbonyl (C=O) groups is 1. The quantitative estimate of drug-likeness (QED) is 0.131. The number of esters is 1. The van der Waals surface area contributed by atoms with Gasteiger partial charge in [-0.25, -0.2) is 0 Å². The molecule has 63 heavy (non-hydrogen) atoms. The molecular weight excluding hydrogens is 765 g/mol. The predicted octanol–water partition coefficient (Wildman–Crippen LogP) is 11.7. The zero-order chi connectivity index (χ0) is 39.6. The van der Waals surface area contributed by atoms with Crippen LogP contribution in [0.5, 0.6) is 0 Å². The maximum Gasteiger partial charge on any atom is 0.305 e. The summed E-state index contributed by atoms with van der Waals surface area (Å²) in [5.41, 5.74) is 42.0. The van der Waals surface area contributed by atoms with Gasteiger partial charge in [-0.1, -0.05) is 78.9 Å². The van der Waals surface area contributed by atoms with E-state index in [1.165, 1.54) is 5.56 Å². The number of benzene rings is 5. The fraction of sp³-hybridized carbons (Fsp3) is 0.295. The highest BCUT2D eigenvalue weighted by atomic mass is 16.5. The molecule has 0 N–H and O–H groups in total. The number of ether oxygens (including phenoxy) is 1. The van der Waals surface area contributed by atoms with E-state index >= 15 is 0 Å². The SMILES string of the molecule is COC(=O)CCCC1(c2ccccc2)C23C4=C5c6c7c8cc9c6C12C1C9C=CC2=C6C=CC9c%10cc%11c%12c%13c(c4c4c3c(c6c9c4c%10%13)C21)C1C2=C%12C(=CCC3C=C(C8)C7=C(C23)C51)C%11. The van der Waals surface area contributed by atoms with Gasteiger partial charge in [0, 0.05) is 58.2 Å². The van der Waals surface area contributed by atoms with E-state index < -0.39 is 0 Å². The molecule has 17 aliphatic rings. The van der Waals surface area contributed by atoms with Crippen molar-refractivity contribution in [2.75, 3.05) is 7.11 Å². The normalized spacial score (nSPS) is 38.6. The van der Waals surface area contributed by atoms with Crippen LogP contribution in [0, 0.1) is 23.7 Å². The number of allylic oxidation sites excluding steroid dienone is 16. The second kappa shape index (κ2) is 7.95. The Morgan fingerprint density at radius 1 is 0.762 bits per heavy atom. The van der Waals surface area contributed by atoms with Crippen LogP contribution in [-0.2, 0) is 38.6 Å². The molecule has 5 aromatic rings. The molecule has 0 saturated heterocycles. The van der Waals surface area contributed by atoms with Crippen molar-refractivity contribution in [2.45, 2.75) is 78.4 Å². The van der Waals surface area contributed by atoms with Crippen LogP contribution in [0.15, 0.2) is 107 Å². The largest absolute Gasteiger partial charge is 0.469 e. The van der Waals surface area contributed by atoms with Gasteiger partial charge in [0.15, 0.2) is 0 Å². The number of fused-ring (bicyclic) bond motifs is 2. The van der Waals surface area contributed by atoms with Crippen molar-refractivity contribution in [1.29, 1.82) is 0 Å². The van der Waals surface area contributed by atoms with E-state index in [1.807, 2.05) is 16.7 Å². The van der Waals surface area contributed by atoms with Crippen molar-refractivity contribution in [3.8, 4) is 0 Å². The molecule has 11 atom stereocenters. The summed E-state index contributed by atoms with van der Waals surface area (Å²) in [7, 11) is 1.58. The van der Waals surface area contributed by atoms with Crippen LogP contribution in [-0.4, -0.2) is 13.1 Å². The Morgan fingerprint density at radius 3 is 2.54 bits per heavy atom. The summed E-state index contributed by atoms with van der Waals surface area (Å²) in [5.74, 6) is 3.31. The summed E-state index contributed by atoms with van der Waals surface area (Å²) in [4.78, 5) is 13.3. The molecular formula is C61H36O2. The van der Waals surface area contributed by atoms with Crippen LogP contribution in [0.25, 0.3) is 49.4 Å². The van der Waals surface area contributed by atoms with Crippen LogP contribution in [0.3, 0.4) is 0 Å². The molecule has 0 heterocycles. The van der Waals surface area contributed by atoms with Gasteiger partial charge in [0.05, 0.1) is 7.11 Å². The van der Waals surface area contributed by atoms with Crippen LogP contribution in [0.1, 0.15) is 133 Å². The van der Waals surface area contributed by atoms with Gasteiger partial charge in [-0.15, -0.1) is 0 Å². The Hall–Kier alpha value is -5.99. The average Bonchev–Trinajstić information content (AvgIpc) is 4.05. The molecule has 2 nitrogen and oxygen atoms in total. The molecule has 0 bridgehead atoms. The first-order valence-corrected chi connectivity index (χ1v) is 24.4. The highest BCUT2D eigenvalue weighted by Gasteiger charge is 2.98. The first kappa shape index (κ1) is 29.4. The molecule has 2 saturated carbocycles. The van der Waals surface area contributed by atoms with Gasteiger partial charge in [0.2, 0.25) is 0 Å². The van der Waals surface area contributed by atoms with Crippen molar-refractivity contribution in [1.82, 2.24) is 0 Å². The van der Waals surface area contributed by atoms with Gasteiger partial charge in [-0.3, -0.25) is 4.79 Å². The molecule has 2 fully saturated rings. The lowest BCUT2D eigenvalue weighted by molar-refractivity contribution is -0.140. The maximum absolute atomic E-state index is 13.3. The van der Waals surface area contributed by atoms with Crippen LogP contribution < -0.4 is 0 Å². The first-order chi connectivity index (χ1) is 31.2. The summed E-state index contributed by atoms with van der Waals surface area (Å²) < 4.78 is 5.45. The third kappa shape index (κ3) is 2.13. The Kier molecular flexibility index (Phi) is 3.71. The molecule has 0 radical (unpaired) electrons. The van der Waals surface area contributed by atoms with Gasteiger partial charge < -0.3 is 4.74 Å². The zero-order valence-electron chi connectivity index (χ0n) is 34.7. The van der Waals surface area contributed by atoms with E-state index in [4.69, 9.17) is 4.74 Å². The molecule has 0 aromatic heterocycles. The number of hydrogen-bond acceptors (Lipinski definition) is 2. The Balaban J connectivity index is 1.07. The number of carbonyl (C=O) groups excluding carboxylic acids is 1. The van der Waals surface area contributed by atoms with Crippen molar-refractivity contribution in [3.63, 3.8) is 0 Å². The van der Waals surface area contributed by atoms with Crippen LogP contribution in [0.2, 0.25) is 0 Å². The second-order valence-corrected chi connectivity index (χ2v) is 23.0. The molecule has 22 rings (SSSR count). The average molecular weight is 801 g/mol. The summed E-state index contributed by atoms with van der Waals surface area (Å²) in [5, 5.41) is 6.70. The highest BCUT2D eigenvalue weighted by molar-refractivity contribution is 6.34. The van der Waals surface area contributed by atoms with Gasteiger partial charge in [-0.2, -0.15) is 0 Å². The minimum absolute atomic E-state index is 0.0669. The first-order valence-electron chi connectivity index (χ1n) is 24.4. The van der Waals surface area contributed by atoms with Gasteiger partial charge >= 0.3 is 5.97 Å². The summed E-state index contributed by atoms with van der Waals surface area (Å²) in [6, 6.07) is 17.6. The van der Waals surface area contributed by atoms with Crippen molar-refractivity contribution in [2.24, 2.45) is 23.7 Å². The van der Waals surface area contributed by atoms with E-state index in [-0.39, 0.29) is 22.2 Å². The minimum atomic E-state index is -0.196. The monoisotopic (exact) mass is 800 g/mol. The standard InChI is InChI=1S/C61H36O2/c1-63-33(62)8-5-15-59(26-6-3-2-4-7-26)60-55-30-14-13-28-27-11-12-29-31-19-24-17-21-9-10-22-16-23-18-25-20-32(30)56(60)50-38(25)36(23)44-35(22)43-34(21)37(24)45-41(31)46-39(29)40(27)51(42(28)55)57-52(46)54-49(45)47(43)48(44)53(50)58(54)61(57,59)60/h2-4,6-7,9,11-14,16,19-20,22,29-30,35,42,47-48,55H,5,8,10,15,17-18H2,1H3. The van der Waals surface area contributed by atoms with Gasteiger partial charge in [0.25, 0.3) is 0 Å². The molecule has 11 unspecified atom stereocenters. The van der Waals surface area contributed by atoms with E-state index in [2.05, 4.69) is 78.9 Å². The highest BCUT2D eigenvalue weighted by Crippen LogP contribution is 3.00. The Labute approximate surface area is 362 Å². The third-order valence-electron chi connectivity index (χ3n) is 22.4. The van der Waals surface area contributed by atoms with E-state index in [0.717, 1.165) is 32.1 Å². The second-order valence-electron chi connectivity index (χ2n) is 23.0. The molecule has 17 aliphatic carbocycles. The lowest BCUT2D eigenvalue weighted by atomic mass is 9.53. The molecule has 2 heteroatoms. The Morgan fingerprint density at radius 2 is 1.62 bits per heavy atom. The smallest absolute Gasteiger partial charge is 0.305 e. The number of rotatable bonds is 5. The number of methoxy groups -OCH3 is 1. The van der Waals surface area contributed by atoms with Gasteiger partial charge in [-0.05, 0) is 205 Å². The molecule has 0 amide bonds. The molecule has 5 aromatic carbocycles. The van der Waals surface area contributed by atoms with E-state index in [9.17, 15) is 4.79 Å². The molecule has 292 valence electrons. The molecule has 2 spiro atoms. The zero-order valence-corrected chi connectivity index (χ0v) is 34.7. The topological polar surface area (TPSA) is 26.3 Å². The maximum atomic E-state index is 13.3. The van der Waals surface area contributed by atoms with Gasteiger partial charge in [0.1, 0.15) is 0 Å². The van der Waals surface area contributed by atoms with Crippen molar-refractivity contribution in [3.05, 3.63) is 190 Å². The van der Waals surface area contributed by atoms with Crippen LogP contribution in [0.4, 0.5) is 0 Å². The van der Waals surface area contributed by atoms with Crippen molar-refractivity contribution >= 4 is 55.4 Å². The number of hydrogen-bond donors (Lipinski definition) is 0.